The molecule has 294 valence electrons. The Morgan fingerprint density at radius 2 is 1.49 bits per heavy atom. The third kappa shape index (κ3) is 9.49. The number of aliphatic hydroxyl groups excluding tert-OH is 1. The van der Waals surface area contributed by atoms with E-state index in [0.29, 0.717) is 6.54 Å². The standard InChI is InChI=1S/C47H49N3O7/c1-31-42(28-49(3)32(2)36-14-8-5-9-15-36)56-46(57-44(31)38-19-17-33(29-51)18-20-38)39-23-21-37(22-24-39)40-16-10-13-35(25-40)27-50-43(52)26-41(45(50)53)48-47(54)55-30-34-11-6-4-7-12-34/h4-25,31-32,41-42,44,46,51H,26-30H2,1-3H3,(H,48,54)/t31-,32-,41?,42+,44+,46+/m0/s1. The number of hydrogen-bond donors (Lipinski definition) is 2. The van der Waals surface area contributed by atoms with Gasteiger partial charge in [-0.15, -0.1) is 0 Å². The maximum atomic E-state index is 13.2. The van der Waals surface area contributed by atoms with Crippen LogP contribution in [0.3, 0.4) is 0 Å². The quantitative estimate of drug-likeness (QED) is 0.116. The van der Waals surface area contributed by atoms with Crippen LogP contribution in [0.1, 0.15) is 72.1 Å². The van der Waals surface area contributed by atoms with Gasteiger partial charge >= 0.3 is 6.09 Å². The average Bonchev–Trinajstić information content (AvgIpc) is 3.51. The lowest BCUT2D eigenvalue weighted by Gasteiger charge is -2.43. The van der Waals surface area contributed by atoms with Gasteiger partial charge in [0.1, 0.15) is 12.6 Å². The van der Waals surface area contributed by atoms with Gasteiger partial charge in [-0.25, -0.2) is 4.79 Å². The highest BCUT2D eigenvalue weighted by Gasteiger charge is 2.41. The van der Waals surface area contributed by atoms with E-state index in [-0.39, 0.29) is 56.3 Å². The lowest BCUT2D eigenvalue weighted by molar-refractivity contribution is -0.276. The fourth-order valence-corrected chi connectivity index (χ4v) is 7.49. The van der Waals surface area contributed by atoms with E-state index in [0.717, 1.165) is 38.9 Å². The summed E-state index contributed by atoms with van der Waals surface area (Å²) in [5.74, 6) is -0.774. The average molecular weight is 768 g/mol. The Morgan fingerprint density at radius 1 is 0.825 bits per heavy atom. The molecule has 5 aromatic rings. The summed E-state index contributed by atoms with van der Waals surface area (Å²) in [5, 5.41) is 12.2. The van der Waals surface area contributed by atoms with Crippen LogP contribution in [0.5, 0.6) is 0 Å². The lowest BCUT2D eigenvalue weighted by atomic mass is 9.89. The molecular weight excluding hydrogens is 719 g/mol. The van der Waals surface area contributed by atoms with Crippen LogP contribution in [0.15, 0.2) is 133 Å². The Morgan fingerprint density at radius 3 is 2.19 bits per heavy atom. The Balaban J connectivity index is 1.03. The molecule has 10 heteroatoms. The number of carbonyl (C=O) groups excluding carboxylic acids is 3. The summed E-state index contributed by atoms with van der Waals surface area (Å²) >= 11 is 0. The molecule has 2 aliphatic heterocycles. The SMILES string of the molecule is C[C@H]1[C@@H](CN(C)[C@@H](C)c2ccccc2)O[C@@H](c2ccc(-c3cccc(CN4C(=O)CC(NC(=O)OCc5ccccc5)C4=O)c3)cc2)O[C@H]1c1ccc(CO)cc1. The molecule has 1 unspecified atom stereocenters. The van der Waals surface area contributed by atoms with E-state index < -0.39 is 24.3 Å². The number of hydrogen-bond acceptors (Lipinski definition) is 8. The van der Waals surface area contributed by atoms with E-state index in [1.54, 1.807) is 0 Å². The number of aliphatic hydroxyl groups is 1. The number of benzene rings is 5. The largest absolute Gasteiger partial charge is 0.445 e. The molecule has 2 aliphatic rings. The van der Waals surface area contributed by atoms with E-state index in [2.05, 4.69) is 55.4 Å². The fraction of sp³-hybridized carbons (Fsp3) is 0.298. The highest BCUT2D eigenvalue weighted by molar-refractivity contribution is 6.06. The molecule has 57 heavy (non-hydrogen) atoms. The minimum Gasteiger partial charge on any atom is -0.445 e. The van der Waals surface area contributed by atoms with Crippen molar-refractivity contribution >= 4 is 17.9 Å². The number of likely N-dealkylation sites (N-methyl/N-ethyl adjacent to an activating group) is 1. The van der Waals surface area contributed by atoms with Gasteiger partial charge in [0.2, 0.25) is 5.91 Å². The van der Waals surface area contributed by atoms with Crippen LogP contribution in [0.2, 0.25) is 0 Å². The normalized spacial score (nSPS) is 21.4. The molecule has 0 aromatic heterocycles. The van der Waals surface area contributed by atoms with Crippen molar-refractivity contribution in [2.75, 3.05) is 13.6 Å². The summed E-state index contributed by atoms with van der Waals surface area (Å²) in [6.07, 6.45) is -1.85. The van der Waals surface area contributed by atoms with Gasteiger partial charge in [-0.1, -0.05) is 134 Å². The molecule has 3 amide bonds. The van der Waals surface area contributed by atoms with Gasteiger partial charge in [0.25, 0.3) is 5.91 Å². The zero-order valence-electron chi connectivity index (χ0n) is 32.5. The summed E-state index contributed by atoms with van der Waals surface area (Å²) in [6, 6.07) is 42.6. The number of amides is 3. The van der Waals surface area contributed by atoms with Crippen LogP contribution in [0.4, 0.5) is 4.79 Å². The molecule has 2 saturated heterocycles. The molecule has 0 radical (unpaired) electrons. The first-order valence-electron chi connectivity index (χ1n) is 19.4. The van der Waals surface area contributed by atoms with Crippen molar-refractivity contribution in [3.8, 4) is 11.1 Å². The van der Waals surface area contributed by atoms with Crippen molar-refractivity contribution in [2.45, 2.75) is 70.6 Å². The van der Waals surface area contributed by atoms with Gasteiger partial charge in [-0.3, -0.25) is 19.4 Å². The number of imide groups is 1. The molecular formula is C47H49N3O7. The highest BCUT2D eigenvalue weighted by Crippen LogP contribution is 2.42. The number of carbonyl (C=O) groups is 3. The molecule has 5 aromatic carbocycles. The van der Waals surface area contributed by atoms with E-state index >= 15 is 0 Å². The summed E-state index contributed by atoms with van der Waals surface area (Å²) in [6.45, 7) is 5.20. The van der Waals surface area contributed by atoms with Crippen molar-refractivity contribution in [1.29, 1.82) is 0 Å². The minimum atomic E-state index is -0.976. The number of alkyl carbamates (subject to hydrolysis) is 1. The van der Waals surface area contributed by atoms with Crippen molar-refractivity contribution < 1.29 is 33.7 Å². The fourth-order valence-electron chi connectivity index (χ4n) is 7.49. The number of nitrogens with one attached hydrogen (secondary N) is 1. The molecule has 2 fully saturated rings. The molecule has 7 rings (SSSR count). The smallest absolute Gasteiger partial charge is 0.408 e. The van der Waals surface area contributed by atoms with Crippen LogP contribution in [-0.4, -0.2) is 58.6 Å². The number of nitrogens with zero attached hydrogens (tertiary/aromatic N) is 2. The van der Waals surface area contributed by atoms with Crippen LogP contribution in [0.25, 0.3) is 11.1 Å². The number of ether oxygens (including phenoxy) is 3. The minimum absolute atomic E-state index is 0.0203. The van der Waals surface area contributed by atoms with Crippen LogP contribution in [0, 0.1) is 5.92 Å². The topological polar surface area (TPSA) is 118 Å². The van der Waals surface area contributed by atoms with Crippen molar-refractivity contribution in [1.82, 2.24) is 15.1 Å². The maximum Gasteiger partial charge on any atom is 0.408 e. The van der Waals surface area contributed by atoms with Crippen LogP contribution < -0.4 is 5.32 Å². The van der Waals surface area contributed by atoms with Gasteiger partial charge < -0.3 is 24.6 Å². The van der Waals surface area contributed by atoms with Crippen molar-refractivity contribution in [3.05, 3.63) is 167 Å². The first-order chi connectivity index (χ1) is 27.7. The monoisotopic (exact) mass is 767 g/mol. The highest BCUT2D eigenvalue weighted by atomic mass is 16.7. The second-order valence-corrected chi connectivity index (χ2v) is 15.0. The van der Waals surface area contributed by atoms with E-state index in [1.165, 1.54) is 10.5 Å². The molecule has 0 spiro atoms. The molecule has 0 bridgehead atoms. The molecule has 2 N–H and O–H groups in total. The first kappa shape index (κ1) is 39.6. The second-order valence-electron chi connectivity index (χ2n) is 15.0. The third-order valence-corrected chi connectivity index (χ3v) is 11.1. The zero-order chi connectivity index (χ0) is 39.9. The summed E-state index contributed by atoms with van der Waals surface area (Å²) in [5.41, 5.74) is 7.48. The molecule has 0 saturated carbocycles. The van der Waals surface area contributed by atoms with E-state index in [4.69, 9.17) is 14.2 Å². The molecule has 6 atom stereocenters. The lowest BCUT2D eigenvalue weighted by Crippen LogP contribution is -2.44. The van der Waals surface area contributed by atoms with Crippen molar-refractivity contribution in [3.63, 3.8) is 0 Å². The molecule has 0 aliphatic carbocycles. The predicted octanol–water partition coefficient (Wildman–Crippen LogP) is 7.88. The Hall–Kier alpha value is -5.65. The molecule has 10 nitrogen and oxygen atoms in total. The summed E-state index contributed by atoms with van der Waals surface area (Å²) in [7, 11) is 2.13. The number of rotatable bonds is 13. The summed E-state index contributed by atoms with van der Waals surface area (Å²) < 4.78 is 18.7. The summed E-state index contributed by atoms with van der Waals surface area (Å²) in [4.78, 5) is 42.1. The third-order valence-electron chi connectivity index (χ3n) is 11.1. The van der Waals surface area contributed by atoms with Gasteiger partial charge in [0, 0.05) is 24.1 Å². The van der Waals surface area contributed by atoms with Gasteiger partial charge in [0.15, 0.2) is 6.29 Å². The Kier molecular flexibility index (Phi) is 12.6. The Bertz CT molecular complexity index is 2130. The zero-order valence-corrected chi connectivity index (χ0v) is 32.5. The van der Waals surface area contributed by atoms with Gasteiger partial charge in [-0.2, -0.15) is 0 Å². The Labute approximate surface area is 334 Å². The first-order valence-corrected chi connectivity index (χ1v) is 19.4. The number of likely N-dealkylation sites (tertiary alicyclic amines) is 1. The van der Waals surface area contributed by atoms with Crippen LogP contribution in [-0.2, 0) is 43.6 Å². The van der Waals surface area contributed by atoms with Crippen molar-refractivity contribution in [2.24, 2.45) is 5.92 Å². The predicted molar refractivity (Wildman–Crippen MR) is 216 cm³/mol. The van der Waals surface area contributed by atoms with Gasteiger partial charge in [0.05, 0.1) is 31.8 Å². The second kappa shape index (κ2) is 18.1. The maximum absolute atomic E-state index is 13.2. The molecule has 2 heterocycles. The van der Waals surface area contributed by atoms with E-state index in [9.17, 15) is 19.5 Å². The van der Waals surface area contributed by atoms with Gasteiger partial charge in [-0.05, 0) is 59.0 Å². The van der Waals surface area contributed by atoms with Crippen LogP contribution >= 0.6 is 0 Å². The van der Waals surface area contributed by atoms with E-state index in [1.807, 2.05) is 109 Å².